The third-order valence-electron chi connectivity index (χ3n) is 2.81. The Bertz CT molecular complexity index is 422. The van der Waals surface area contributed by atoms with Crippen LogP contribution in [0.4, 0.5) is 5.69 Å². The van der Waals surface area contributed by atoms with Gasteiger partial charge in [-0.25, -0.2) is 0 Å². The Hall–Kier alpha value is -1.59. The first-order valence-electron chi connectivity index (χ1n) is 7.37. The van der Waals surface area contributed by atoms with Crippen molar-refractivity contribution in [3.8, 4) is 5.75 Å². The van der Waals surface area contributed by atoms with Crippen LogP contribution in [-0.2, 0) is 9.53 Å². The number of nitrogens with one attached hydrogen (secondary N) is 2. The van der Waals surface area contributed by atoms with Gasteiger partial charge in [0.25, 0.3) is 0 Å². The lowest BCUT2D eigenvalue weighted by Gasteiger charge is -2.10. The van der Waals surface area contributed by atoms with E-state index in [4.69, 9.17) is 9.47 Å². The molecule has 2 N–H and O–H groups in total. The molecule has 0 aliphatic rings. The minimum Gasteiger partial charge on any atom is -0.491 e. The molecule has 118 valence electrons. The van der Waals surface area contributed by atoms with E-state index >= 15 is 0 Å². The van der Waals surface area contributed by atoms with Crippen molar-refractivity contribution in [2.75, 3.05) is 32.2 Å². The zero-order valence-electron chi connectivity index (χ0n) is 13.1. The van der Waals surface area contributed by atoms with Gasteiger partial charge in [-0.15, -0.1) is 0 Å². The van der Waals surface area contributed by atoms with Crippen LogP contribution in [0.2, 0.25) is 0 Å². The maximum atomic E-state index is 11.8. The number of amides is 1. The molecular weight excluding hydrogens is 268 g/mol. The van der Waals surface area contributed by atoms with E-state index in [-0.39, 0.29) is 5.91 Å². The molecule has 1 rings (SSSR count). The van der Waals surface area contributed by atoms with Crippen LogP contribution in [-0.4, -0.2) is 38.8 Å². The highest BCUT2D eigenvalue weighted by atomic mass is 16.5. The van der Waals surface area contributed by atoms with Gasteiger partial charge in [-0.1, -0.05) is 19.9 Å². The summed E-state index contributed by atoms with van der Waals surface area (Å²) in [5.74, 6) is 0.751. The van der Waals surface area contributed by atoms with Gasteiger partial charge in [0.05, 0.1) is 6.61 Å². The lowest BCUT2D eigenvalue weighted by molar-refractivity contribution is -0.116. The van der Waals surface area contributed by atoms with E-state index in [0.29, 0.717) is 25.7 Å². The van der Waals surface area contributed by atoms with Crippen LogP contribution >= 0.6 is 0 Å². The summed E-state index contributed by atoms with van der Waals surface area (Å²) in [4.78, 5) is 11.8. The van der Waals surface area contributed by atoms with Gasteiger partial charge in [0.1, 0.15) is 12.4 Å². The monoisotopic (exact) mass is 294 g/mol. The average molecular weight is 294 g/mol. The molecule has 0 radical (unpaired) electrons. The van der Waals surface area contributed by atoms with Crippen LogP contribution < -0.4 is 15.4 Å². The standard InChI is InChI=1S/C16H26N2O3/c1-13(2)17-9-5-8-16(19)18-14-6-4-7-15(12-14)21-11-10-20-3/h4,6-7,12-13,17H,5,8-11H2,1-3H3,(H,18,19). The first-order chi connectivity index (χ1) is 10.1. The van der Waals surface area contributed by atoms with Gasteiger partial charge in [0.2, 0.25) is 5.91 Å². The van der Waals surface area contributed by atoms with Crippen molar-refractivity contribution < 1.29 is 14.3 Å². The maximum Gasteiger partial charge on any atom is 0.224 e. The van der Waals surface area contributed by atoms with E-state index in [1.165, 1.54) is 0 Å². The lowest BCUT2D eigenvalue weighted by Crippen LogP contribution is -2.24. The number of carbonyl (C=O) groups is 1. The molecule has 0 atom stereocenters. The zero-order chi connectivity index (χ0) is 15.5. The number of hydrogen-bond acceptors (Lipinski definition) is 4. The van der Waals surface area contributed by atoms with Crippen molar-refractivity contribution in [2.24, 2.45) is 0 Å². The summed E-state index contributed by atoms with van der Waals surface area (Å²) in [7, 11) is 1.63. The first kappa shape index (κ1) is 17.5. The Morgan fingerprint density at radius 2 is 2.10 bits per heavy atom. The van der Waals surface area contributed by atoms with E-state index in [2.05, 4.69) is 24.5 Å². The Kier molecular flexibility index (Phi) is 8.47. The second-order valence-electron chi connectivity index (χ2n) is 5.13. The molecule has 0 aliphatic heterocycles. The molecule has 0 aliphatic carbocycles. The second kappa shape index (κ2) is 10.2. The average Bonchev–Trinajstić information content (AvgIpc) is 2.44. The molecule has 0 fully saturated rings. The van der Waals surface area contributed by atoms with Crippen molar-refractivity contribution in [1.29, 1.82) is 0 Å². The van der Waals surface area contributed by atoms with Crippen molar-refractivity contribution in [2.45, 2.75) is 32.7 Å². The molecule has 0 unspecified atom stereocenters. The van der Waals surface area contributed by atoms with Gasteiger partial charge in [-0.3, -0.25) is 4.79 Å². The number of rotatable bonds is 10. The normalized spacial score (nSPS) is 10.7. The van der Waals surface area contributed by atoms with Gasteiger partial charge in [0, 0.05) is 31.3 Å². The molecule has 1 amide bonds. The van der Waals surface area contributed by atoms with E-state index in [9.17, 15) is 4.79 Å². The van der Waals surface area contributed by atoms with Gasteiger partial charge in [-0.2, -0.15) is 0 Å². The minimum atomic E-state index is 0.0228. The number of ether oxygens (including phenoxy) is 2. The molecule has 1 aromatic rings. The van der Waals surface area contributed by atoms with Crippen LogP contribution in [0.15, 0.2) is 24.3 Å². The van der Waals surface area contributed by atoms with Crippen LogP contribution in [0.1, 0.15) is 26.7 Å². The van der Waals surface area contributed by atoms with Gasteiger partial charge >= 0.3 is 0 Å². The summed E-state index contributed by atoms with van der Waals surface area (Å²) in [5.41, 5.74) is 0.756. The van der Waals surface area contributed by atoms with Crippen LogP contribution in [0.3, 0.4) is 0 Å². The Balaban J connectivity index is 2.32. The van der Waals surface area contributed by atoms with Crippen LogP contribution in [0, 0.1) is 0 Å². The highest BCUT2D eigenvalue weighted by molar-refractivity contribution is 5.90. The molecule has 0 aromatic heterocycles. The molecule has 5 heteroatoms. The topological polar surface area (TPSA) is 59.6 Å². The highest BCUT2D eigenvalue weighted by Gasteiger charge is 2.04. The first-order valence-corrected chi connectivity index (χ1v) is 7.37. The third-order valence-corrected chi connectivity index (χ3v) is 2.81. The summed E-state index contributed by atoms with van der Waals surface area (Å²) in [5, 5.41) is 6.17. The van der Waals surface area contributed by atoms with E-state index in [1.807, 2.05) is 24.3 Å². The van der Waals surface area contributed by atoms with Crippen molar-refractivity contribution >= 4 is 11.6 Å². The third kappa shape index (κ3) is 8.32. The van der Waals surface area contributed by atoms with Gasteiger partial charge in [0.15, 0.2) is 0 Å². The molecule has 0 bridgehead atoms. The Morgan fingerprint density at radius 3 is 2.81 bits per heavy atom. The van der Waals surface area contributed by atoms with Crippen molar-refractivity contribution in [1.82, 2.24) is 5.32 Å². The number of methoxy groups -OCH3 is 1. The molecule has 0 heterocycles. The second-order valence-corrected chi connectivity index (χ2v) is 5.13. The predicted octanol–water partition coefficient (Wildman–Crippen LogP) is 2.43. The number of carbonyl (C=O) groups excluding carboxylic acids is 1. The SMILES string of the molecule is COCCOc1cccc(NC(=O)CCCNC(C)C)c1. The minimum absolute atomic E-state index is 0.0228. The van der Waals surface area contributed by atoms with E-state index in [1.54, 1.807) is 7.11 Å². The lowest BCUT2D eigenvalue weighted by atomic mass is 10.2. The molecule has 5 nitrogen and oxygen atoms in total. The number of hydrogen-bond donors (Lipinski definition) is 2. The fourth-order valence-electron chi connectivity index (χ4n) is 1.77. The molecule has 0 saturated heterocycles. The summed E-state index contributed by atoms with van der Waals surface area (Å²) in [6.07, 6.45) is 1.34. The highest BCUT2D eigenvalue weighted by Crippen LogP contribution is 2.17. The zero-order valence-corrected chi connectivity index (χ0v) is 13.1. The summed E-state index contributed by atoms with van der Waals surface area (Å²) < 4.78 is 10.4. The van der Waals surface area contributed by atoms with Crippen molar-refractivity contribution in [3.63, 3.8) is 0 Å². The fraction of sp³-hybridized carbons (Fsp3) is 0.562. The summed E-state index contributed by atoms with van der Waals surface area (Å²) in [6.45, 7) is 6.07. The smallest absolute Gasteiger partial charge is 0.224 e. The largest absolute Gasteiger partial charge is 0.491 e. The van der Waals surface area contributed by atoms with Gasteiger partial charge in [-0.05, 0) is 25.1 Å². The van der Waals surface area contributed by atoms with Crippen LogP contribution in [0.25, 0.3) is 0 Å². The van der Waals surface area contributed by atoms with E-state index < -0.39 is 0 Å². The van der Waals surface area contributed by atoms with Crippen molar-refractivity contribution in [3.05, 3.63) is 24.3 Å². The quantitative estimate of drug-likeness (QED) is 0.651. The Morgan fingerprint density at radius 1 is 1.29 bits per heavy atom. The molecule has 21 heavy (non-hydrogen) atoms. The molecule has 0 saturated carbocycles. The number of benzene rings is 1. The molecular formula is C16H26N2O3. The Labute approximate surface area is 127 Å². The predicted molar refractivity (Wildman–Crippen MR) is 84.8 cm³/mol. The summed E-state index contributed by atoms with van der Waals surface area (Å²) >= 11 is 0. The van der Waals surface area contributed by atoms with E-state index in [0.717, 1.165) is 24.4 Å². The fourth-order valence-corrected chi connectivity index (χ4v) is 1.77. The van der Waals surface area contributed by atoms with Gasteiger partial charge < -0.3 is 20.1 Å². The number of anilines is 1. The summed E-state index contributed by atoms with van der Waals surface area (Å²) in [6, 6.07) is 7.84. The maximum absolute atomic E-state index is 11.8. The van der Waals surface area contributed by atoms with Crippen LogP contribution in [0.5, 0.6) is 5.75 Å². The molecule has 1 aromatic carbocycles. The molecule has 0 spiro atoms.